The van der Waals surface area contributed by atoms with Gasteiger partial charge >= 0.3 is 0 Å². The maximum Gasteiger partial charge on any atom is 0.257 e. The van der Waals surface area contributed by atoms with Gasteiger partial charge in [-0.05, 0) is 49.9 Å². The van der Waals surface area contributed by atoms with Crippen molar-refractivity contribution in [3.63, 3.8) is 0 Å². The lowest BCUT2D eigenvalue weighted by Gasteiger charge is -2.33. The Morgan fingerprint density at radius 2 is 1.82 bits per heavy atom. The van der Waals surface area contributed by atoms with E-state index >= 15 is 0 Å². The second-order valence-corrected chi connectivity index (χ2v) is 8.54. The van der Waals surface area contributed by atoms with Gasteiger partial charge < -0.3 is 24.0 Å². The number of aromatic nitrogens is 1. The summed E-state index contributed by atoms with van der Waals surface area (Å²) in [5.74, 6) is 0.778. The minimum atomic E-state index is -0.313. The summed E-state index contributed by atoms with van der Waals surface area (Å²) in [6, 6.07) is 13.4. The Kier molecular flexibility index (Phi) is 7.47. The molecule has 0 spiro atoms. The van der Waals surface area contributed by atoms with Crippen molar-refractivity contribution < 1.29 is 18.4 Å². The van der Waals surface area contributed by atoms with E-state index in [0.29, 0.717) is 36.0 Å². The number of anilines is 1. The molecule has 0 aliphatic carbocycles. The zero-order chi connectivity index (χ0) is 24.1. The number of carbonyl (C=O) groups excluding carboxylic acids is 1. The van der Waals surface area contributed by atoms with E-state index in [4.69, 9.17) is 9.26 Å². The number of piperazine rings is 1. The van der Waals surface area contributed by atoms with Crippen LogP contribution in [0.2, 0.25) is 0 Å². The van der Waals surface area contributed by atoms with Crippen molar-refractivity contribution >= 4 is 11.8 Å². The first-order valence-corrected chi connectivity index (χ1v) is 11.6. The smallest absolute Gasteiger partial charge is 0.257 e. The molecule has 0 saturated carbocycles. The summed E-state index contributed by atoms with van der Waals surface area (Å²) in [6.45, 7) is 6.34. The third-order valence-corrected chi connectivity index (χ3v) is 6.14. The molecule has 2 aromatic carbocycles. The zero-order valence-electron chi connectivity index (χ0n) is 20.0. The summed E-state index contributed by atoms with van der Waals surface area (Å²) < 4.78 is 24.9. The number of carbonyl (C=O) groups is 1. The molecule has 1 aliphatic heterocycles. The highest BCUT2D eigenvalue weighted by Crippen LogP contribution is 2.34. The molecule has 1 amide bonds. The van der Waals surface area contributed by atoms with Gasteiger partial charge in [0.1, 0.15) is 17.3 Å². The molecule has 4 rings (SSSR count). The fourth-order valence-corrected chi connectivity index (χ4v) is 4.24. The number of rotatable bonds is 8. The lowest BCUT2D eigenvalue weighted by Crippen LogP contribution is -2.45. The third-order valence-electron chi connectivity index (χ3n) is 6.14. The van der Waals surface area contributed by atoms with E-state index in [-0.39, 0.29) is 11.7 Å². The monoisotopic (exact) mass is 466 g/mol. The van der Waals surface area contributed by atoms with Gasteiger partial charge in [0.15, 0.2) is 0 Å². The fraction of sp³-hybridized carbons (Fsp3) is 0.385. The second kappa shape index (κ2) is 10.7. The third kappa shape index (κ3) is 5.07. The predicted molar refractivity (Wildman–Crippen MR) is 130 cm³/mol. The summed E-state index contributed by atoms with van der Waals surface area (Å²) in [4.78, 5) is 19.8. The van der Waals surface area contributed by atoms with Crippen LogP contribution in [0.25, 0.3) is 11.3 Å². The maximum absolute atomic E-state index is 13.6. The molecule has 0 atom stereocenters. The van der Waals surface area contributed by atoms with Gasteiger partial charge in [0.2, 0.25) is 5.88 Å². The maximum atomic E-state index is 13.6. The van der Waals surface area contributed by atoms with Gasteiger partial charge in [-0.2, -0.15) is 0 Å². The highest BCUT2D eigenvalue weighted by Gasteiger charge is 2.28. The van der Waals surface area contributed by atoms with Gasteiger partial charge in [0.05, 0.1) is 24.8 Å². The molecular formula is C26H31FN4O3. The number of methoxy groups -OCH3 is 1. The first-order valence-electron chi connectivity index (χ1n) is 11.6. The molecule has 1 saturated heterocycles. The summed E-state index contributed by atoms with van der Waals surface area (Å²) in [5, 5.41) is 4.37. The van der Waals surface area contributed by atoms with Gasteiger partial charge in [-0.3, -0.25) is 4.79 Å². The van der Waals surface area contributed by atoms with Crippen LogP contribution in [0.4, 0.5) is 10.3 Å². The van der Waals surface area contributed by atoms with Gasteiger partial charge in [-0.15, -0.1) is 0 Å². The lowest BCUT2D eigenvalue weighted by atomic mass is 10.1. The average molecular weight is 467 g/mol. The molecule has 34 heavy (non-hydrogen) atoms. The Morgan fingerprint density at radius 1 is 1.12 bits per heavy atom. The molecular weight excluding hydrogens is 435 g/mol. The topological polar surface area (TPSA) is 62.1 Å². The Bertz CT molecular complexity index is 1110. The molecule has 180 valence electrons. The van der Waals surface area contributed by atoms with Crippen LogP contribution < -0.4 is 9.64 Å². The highest BCUT2D eigenvalue weighted by atomic mass is 19.1. The molecule has 0 radical (unpaired) electrons. The van der Waals surface area contributed by atoms with Crippen molar-refractivity contribution in [2.24, 2.45) is 0 Å². The SMILES string of the molecule is CCCN(Cc1c(-c2ccc(F)cc2)noc1N1CCN(C)CC1)C(=O)c1ccccc1OC. The number of hydrogen-bond acceptors (Lipinski definition) is 6. The van der Waals surface area contributed by atoms with Crippen molar-refractivity contribution in [2.75, 3.05) is 51.8 Å². The van der Waals surface area contributed by atoms with Crippen molar-refractivity contribution in [2.45, 2.75) is 19.9 Å². The second-order valence-electron chi connectivity index (χ2n) is 8.54. The molecule has 0 unspecified atom stereocenters. The number of hydrogen-bond donors (Lipinski definition) is 0. The van der Waals surface area contributed by atoms with Crippen LogP contribution in [-0.2, 0) is 6.54 Å². The summed E-state index contributed by atoms with van der Waals surface area (Å²) in [5.41, 5.74) is 2.72. The van der Waals surface area contributed by atoms with Crippen molar-refractivity contribution in [1.29, 1.82) is 0 Å². The van der Waals surface area contributed by atoms with E-state index in [1.807, 2.05) is 19.1 Å². The number of likely N-dealkylation sites (N-methyl/N-ethyl adjacent to an activating group) is 1. The van der Waals surface area contributed by atoms with Gasteiger partial charge in [-0.1, -0.05) is 24.2 Å². The number of halogens is 1. The van der Waals surface area contributed by atoms with Gasteiger partial charge in [0.25, 0.3) is 5.91 Å². The van der Waals surface area contributed by atoms with E-state index in [2.05, 4.69) is 22.0 Å². The quantitative estimate of drug-likeness (QED) is 0.494. The normalized spacial score (nSPS) is 14.3. The molecule has 0 bridgehead atoms. The first kappa shape index (κ1) is 23.8. The minimum Gasteiger partial charge on any atom is -0.496 e. The van der Waals surface area contributed by atoms with Crippen molar-refractivity contribution in [1.82, 2.24) is 15.0 Å². The van der Waals surface area contributed by atoms with E-state index in [9.17, 15) is 9.18 Å². The molecule has 7 nitrogen and oxygen atoms in total. The Hall–Kier alpha value is -3.39. The number of ether oxygens (including phenoxy) is 1. The van der Waals surface area contributed by atoms with Crippen LogP contribution in [0.15, 0.2) is 53.1 Å². The Balaban J connectivity index is 1.72. The molecule has 2 heterocycles. The molecule has 1 fully saturated rings. The first-order chi connectivity index (χ1) is 16.5. The number of para-hydroxylation sites is 1. The van der Waals surface area contributed by atoms with E-state index in [1.54, 1.807) is 36.3 Å². The average Bonchev–Trinajstić information content (AvgIpc) is 3.27. The van der Waals surface area contributed by atoms with Crippen molar-refractivity contribution in [3.8, 4) is 17.0 Å². The van der Waals surface area contributed by atoms with Gasteiger partial charge in [-0.25, -0.2) is 4.39 Å². The zero-order valence-corrected chi connectivity index (χ0v) is 20.0. The Morgan fingerprint density at radius 3 is 2.50 bits per heavy atom. The largest absolute Gasteiger partial charge is 0.496 e. The molecule has 0 N–H and O–H groups in total. The number of nitrogens with zero attached hydrogens (tertiary/aromatic N) is 4. The lowest BCUT2D eigenvalue weighted by molar-refractivity contribution is 0.0740. The predicted octanol–water partition coefficient (Wildman–Crippen LogP) is 4.29. The summed E-state index contributed by atoms with van der Waals surface area (Å²) in [6.07, 6.45) is 0.794. The molecule has 3 aromatic rings. The van der Waals surface area contributed by atoms with Crippen LogP contribution in [0.3, 0.4) is 0 Å². The van der Waals surface area contributed by atoms with E-state index in [0.717, 1.165) is 43.7 Å². The summed E-state index contributed by atoms with van der Waals surface area (Å²) in [7, 11) is 3.66. The van der Waals surface area contributed by atoms with Crippen molar-refractivity contribution in [3.05, 3.63) is 65.5 Å². The molecule has 1 aliphatic rings. The van der Waals surface area contributed by atoms with Crippen LogP contribution in [-0.4, -0.2) is 67.7 Å². The van der Waals surface area contributed by atoms with Gasteiger partial charge in [0, 0.05) is 38.3 Å². The van der Waals surface area contributed by atoms with E-state index in [1.165, 1.54) is 12.1 Å². The fourth-order valence-electron chi connectivity index (χ4n) is 4.24. The minimum absolute atomic E-state index is 0.116. The van der Waals surface area contributed by atoms with Crippen LogP contribution >= 0.6 is 0 Å². The summed E-state index contributed by atoms with van der Waals surface area (Å²) >= 11 is 0. The van der Waals surface area contributed by atoms with Crippen LogP contribution in [0, 0.1) is 5.82 Å². The number of benzene rings is 2. The number of amides is 1. The van der Waals surface area contributed by atoms with Crippen LogP contribution in [0.1, 0.15) is 29.3 Å². The van der Waals surface area contributed by atoms with Crippen LogP contribution in [0.5, 0.6) is 5.75 Å². The molecule has 1 aromatic heterocycles. The molecule has 8 heteroatoms. The van der Waals surface area contributed by atoms with E-state index < -0.39 is 0 Å². The Labute approximate surface area is 199 Å². The highest BCUT2D eigenvalue weighted by molar-refractivity contribution is 5.97. The standard InChI is InChI=1S/C26H31FN4O3/c1-4-13-31(25(32)21-7-5-6-8-23(21)33-3)18-22-24(19-9-11-20(27)12-10-19)28-34-26(22)30-16-14-29(2)15-17-30/h5-12H,4,13-18H2,1-3H3.